The lowest BCUT2D eigenvalue weighted by Crippen LogP contribution is -2.48. The maximum absolute atomic E-state index is 15.4. The number of halogens is 2. The van der Waals surface area contributed by atoms with E-state index in [-0.39, 0.29) is 74.2 Å². The fourth-order valence-corrected chi connectivity index (χ4v) is 6.37. The molecule has 3 fully saturated rings. The summed E-state index contributed by atoms with van der Waals surface area (Å²) in [5.74, 6) is -3.80. The Balaban J connectivity index is 1.02. The maximum atomic E-state index is 15.4. The Morgan fingerprint density at radius 2 is 1.78 bits per heavy atom. The number of amides is 2. The zero-order chi connectivity index (χ0) is 39.1. The van der Waals surface area contributed by atoms with E-state index in [2.05, 4.69) is 5.32 Å². The van der Waals surface area contributed by atoms with Gasteiger partial charge in [0.2, 0.25) is 5.43 Å². The number of nitrogens with zero attached hydrogens (tertiary/aromatic N) is 3. The number of aromatic nitrogens is 1. The van der Waals surface area contributed by atoms with Crippen molar-refractivity contribution in [2.45, 2.75) is 82.8 Å². The van der Waals surface area contributed by atoms with Crippen LogP contribution in [0.2, 0.25) is 0 Å². The van der Waals surface area contributed by atoms with E-state index >= 15 is 8.78 Å². The number of hydrogen-bond acceptors (Lipinski definition) is 11. The molecule has 2 atom stereocenters. The second kappa shape index (κ2) is 14.8. The van der Waals surface area contributed by atoms with Gasteiger partial charge in [0.25, 0.3) is 0 Å². The molecular weight excluding hydrogens is 714 g/mol. The van der Waals surface area contributed by atoms with E-state index < -0.39 is 70.1 Å². The van der Waals surface area contributed by atoms with Crippen LogP contribution in [0.4, 0.5) is 29.7 Å². The van der Waals surface area contributed by atoms with Crippen LogP contribution in [0.15, 0.2) is 41.3 Å². The smallest absolute Gasteiger partial charge is 0.414 e. The monoisotopic (exact) mass is 756 g/mol. The largest absolute Gasteiger partial charge is 0.488 e. The number of hydrogen-bond donors (Lipinski definition) is 3. The number of rotatable bonds is 11. The highest BCUT2D eigenvalue weighted by Crippen LogP contribution is 2.39. The number of nitrogens with one attached hydrogen (secondary N) is 1. The standard InChI is InChI=1S/C37H42F2N4O11/c1-20(40-34(48)54-36(2,3)4)33(47)51-18-23-16-43(35(49)53-23)22-7-8-30(27(39)13-22)52-19-37(50)9-11-41(12-10-37)29-15-28-24(14-26(29)38)31(44)25(32(45)46)17-42(28)21-5-6-21/h7-8,13-15,17,20-21,23,50H,5-6,9-12,16,18-19H2,1-4H3,(H,40,48)(H,45,46). The number of carbonyl (C=O) groups is 4. The first-order chi connectivity index (χ1) is 25.4. The van der Waals surface area contributed by atoms with Crippen LogP contribution < -0.4 is 25.3 Å². The highest BCUT2D eigenvalue weighted by atomic mass is 19.1. The first-order valence-electron chi connectivity index (χ1n) is 17.6. The van der Waals surface area contributed by atoms with Crippen LogP contribution >= 0.6 is 0 Å². The number of ether oxygens (including phenoxy) is 4. The minimum atomic E-state index is -1.38. The van der Waals surface area contributed by atoms with E-state index in [4.69, 9.17) is 18.9 Å². The molecule has 2 aromatic carbocycles. The van der Waals surface area contributed by atoms with E-state index in [0.717, 1.165) is 29.9 Å². The first-order valence-corrected chi connectivity index (χ1v) is 17.6. The van der Waals surface area contributed by atoms with Gasteiger partial charge in [0.15, 0.2) is 17.7 Å². The van der Waals surface area contributed by atoms with Gasteiger partial charge < -0.3 is 43.9 Å². The van der Waals surface area contributed by atoms with E-state index in [1.807, 2.05) is 0 Å². The predicted molar refractivity (Wildman–Crippen MR) is 189 cm³/mol. The number of esters is 1. The zero-order valence-electron chi connectivity index (χ0n) is 30.2. The van der Waals surface area contributed by atoms with Crippen molar-refractivity contribution in [3.8, 4) is 5.75 Å². The topological polar surface area (TPSA) is 186 Å². The van der Waals surface area contributed by atoms with Crippen LogP contribution in [-0.4, -0.2) is 95.1 Å². The second-order valence-corrected chi connectivity index (χ2v) is 14.9. The summed E-state index contributed by atoms with van der Waals surface area (Å²) in [5.41, 5.74) is -2.48. The molecular formula is C37H42F2N4O11. The molecule has 2 unspecified atom stereocenters. The fourth-order valence-electron chi connectivity index (χ4n) is 6.37. The SMILES string of the molecule is CC(NC(=O)OC(C)(C)C)C(=O)OCC1CN(c2ccc(OCC3(O)CCN(c4cc5c(cc4F)c(=O)c(C(=O)O)cn5C4CC4)CC3)c(F)c2)C(=O)O1. The zero-order valence-corrected chi connectivity index (χ0v) is 30.2. The molecule has 3 aromatic rings. The summed E-state index contributed by atoms with van der Waals surface area (Å²) in [6.45, 7) is 6.27. The third-order valence-electron chi connectivity index (χ3n) is 9.40. The number of alkyl carbamates (subject to hydrolysis) is 1. The first kappa shape index (κ1) is 38.3. The molecule has 6 rings (SSSR count). The van der Waals surface area contributed by atoms with Crippen molar-refractivity contribution in [2.75, 3.05) is 42.6 Å². The lowest BCUT2D eigenvalue weighted by atomic mass is 9.92. The van der Waals surface area contributed by atoms with Gasteiger partial charge in [-0.25, -0.2) is 28.0 Å². The minimum Gasteiger partial charge on any atom is -0.488 e. The summed E-state index contributed by atoms with van der Waals surface area (Å²) >= 11 is 0. The summed E-state index contributed by atoms with van der Waals surface area (Å²) in [4.78, 5) is 64.2. The normalized spacial score (nSPS) is 18.9. The fraction of sp³-hybridized carbons (Fsp3) is 0.486. The van der Waals surface area contributed by atoms with Gasteiger partial charge in [0, 0.05) is 36.8 Å². The summed E-state index contributed by atoms with van der Waals surface area (Å²) in [5, 5.41) is 23.1. The number of anilines is 2. The van der Waals surface area contributed by atoms with Gasteiger partial charge in [-0.15, -0.1) is 0 Å². The van der Waals surface area contributed by atoms with Crippen molar-refractivity contribution in [3.63, 3.8) is 0 Å². The van der Waals surface area contributed by atoms with Gasteiger partial charge in [-0.3, -0.25) is 9.69 Å². The van der Waals surface area contributed by atoms with Gasteiger partial charge in [-0.2, -0.15) is 0 Å². The molecule has 0 spiro atoms. The summed E-state index contributed by atoms with van der Waals surface area (Å²) in [7, 11) is 0. The molecule has 1 saturated carbocycles. The van der Waals surface area contributed by atoms with Gasteiger partial charge in [-0.05, 0) is 77.6 Å². The van der Waals surface area contributed by atoms with Crippen molar-refractivity contribution in [1.82, 2.24) is 9.88 Å². The van der Waals surface area contributed by atoms with Crippen molar-refractivity contribution >= 4 is 46.4 Å². The van der Waals surface area contributed by atoms with E-state index in [1.165, 1.54) is 25.3 Å². The Morgan fingerprint density at radius 3 is 2.41 bits per heavy atom. The molecule has 0 radical (unpaired) electrons. The maximum Gasteiger partial charge on any atom is 0.414 e. The molecule has 1 aliphatic carbocycles. The Labute approximate surface area is 308 Å². The van der Waals surface area contributed by atoms with Crippen LogP contribution in [0.25, 0.3) is 10.9 Å². The Kier molecular flexibility index (Phi) is 10.5. The number of piperidine rings is 1. The summed E-state index contributed by atoms with van der Waals surface area (Å²) in [6.07, 6.45) is 0.808. The van der Waals surface area contributed by atoms with Crippen LogP contribution in [0.1, 0.15) is 69.8 Å². The molecule has 17 heteroatoms. The third kappa shape index (κ3) is 8.51. The van der Waals surface area contributed by atoms with Crippen molar-refractivity contribution in [3.05, 3.63) is 63.9 Å². The van der Waals surface area contributed by atoms with Crippen LogP contribution in [0, 0.1) is 11.6 Å². The van der Waals surface area contributed by atoms with Crippen molar-refractivity contribution in [2.24, 2.45) is 0 Å². The molecule has 3 N–H and O–H groups in total. The van der Waals surface area contributed by atoms with Crippen LogP contribution in [-0.2, 0) is 19.0 Å². The number of carboxylic acids is 1. The minimum absolute atomic E-state index is 0.0128. The average molecular weight is 757 g/mol. The Bertz CT molecular complexity index is 2040. The van der Waals surface area contributed by atoms with E-state index in [9.17, 15) is 34.2 Å². The second-order valence-electron chi connectivity index (χ2n) is 14.9. The molecule has 0 bridgehead atoms. The van der Waals surface area contributed by atoms with Crippen LogP contribution in [0.3, 0.4) is 0 Å². The molecule has 15 nitrogen and oxygen atoms in total. The van der Waals surface area contributed by atoms with Crippen molar-refractivity contribution in [1.29, 1.82) is 0 Å². The molecule has 290 valence electrons. The number of carbonyl (C=O) groups excluding carboxylic acids is 3. The molecule has 2 amide bonds. The highest BCUT2D eigenvalue weighted by Gasteiger charge is 2.37. The Morgan fingerprint density at radius 1 is 1.07 bits per heavy atom. The van der Waals surface area contributed by atoms with E-state index in [1.54, 1.807) is 36.3 Å². The molecule has 2 saturated heterocycles. The molecule has 54 heavy (non-hydrogen) atoms. The number of aromatic carboxylic acids is 1. The van der Waals surface area contributed by atoms with Gasteiger partial charge in [0.1, 0.15) is 41.8 Å². The van der Waals surface area contributed by atoms with Gasteiger partial charge >= 0.3 is 24.1 Å². The lowest BCUT2D eigenvalue weighted by molar-refractivity contribution is -0.148. The summed E-state index contributed by atoms with van der Waals surface area (Å²) < 4.78 is 53.6. The number of benzene rings is 2. The molecule has 3 aliphatic rings. The Hall–Kier alpha value is -5.45. The number of aliphatic hydroxyl groups is 1. The van der Waals surface area contributed by atoms with Gasteiger partial charge in [0.05, 0.1) is 23.4 Å². The number of fused-ring (bicyclic) bond motifs is 1. The quantitative estimate of drug-likeness (QED) is 0.184. The number of carboxylic acid groups (broad SMARTS) is 1. The van der Waals surface area contributed by atoms with Crippen LogP contribution in [0.5, 0.6) is 5.75 Å². The number of cyclic esters (lactones) is 1. The lowest BCUT2D eigenvalue weighted by Gasteiger charge is -2.39. The van der Waals surface area contributed by atoms with E-state index in [0.29, 0.717) is 5.52 Å². The van der Waals surface area contributed by atoms with Gasteiger partial charge in [-0.1, -0.05) is 0 Å². The third-order valence-corrected chi connectivity index (χ3v) is 9.40. The molecule has 2 aliphatic heterocycles. The molecule has 1 aromatic heterocycles. The number of pyridine rings is 1. The van der Waals surface area contributed by atoms with Crippen molar-refractivity contribution < 1.29 is 57.1 Å². The highest BCUT2D eigenvalue weighted by molar-refractivity contribution is 5.94. The predicted octanol–water partition coefficient (Wildman–Crippen LogP) is 4.50. The summed E-state index contributed by atoms with van der Waals surface area (Å²) in [6, 6.07) is 5.44. The molecule has 3 heterocycles. The average Bonchev–Trinajstić information content (AvgIpc) is 3.87.